The lowest BCUT2D eigenvalue weighted by molar-refractivity contribution is -0.145. The average molecular weight is 231 g/mol. The van der Waals surface area contributed by atoms with Crippen LogP contribution in [0.25, 0.3) is 0 Å². The molecule has 0 aliphatic heterocycles. The van der Waals surface area contributed by atoms with Crippen LogP contribution in [0, 0.1) is 11.6 Å². The molecule has 16 heavy (non-hydrogen) atoms. The van der Waals surface area contributed by atoms with Crippen LogP contribution in [-0.2, 0) is 9.59 Å². The Labute approximate surface area is 88.4 Å². The Hall–Kier alpha value is -2.18. The number of nitrogen functional groups attached to an aromatic ring is 1. The zero-order valence-electron chi connectivity index (χ0n) is 7.87. The van der Waals surface area contributed by atoms with Gasteiger partial charge in [0.05, 0.1) is 0 Å². The van der Waals surface area contributed by atoms with Gasteiger partial charge >= 0.3 is 11.9 Å². The number of carboxylic acids is 1. The topological polar surface area (TPSA) is 89.6 Å². The van der Waals surface area contributed by atoms with Gasteiger partial charge in [0.1, 0.15) is 17.9 Å². The average Bonchev–Trinajstić information content (AvgIpc) is 2.12. The Balaban J connectivity index is 2.82. The van der Waals surface area contributed by atoms with E-state index in [2.05, 4.69) is 4.74 Å². The van der Waals surface area contributed by atoms with E-state index in [0.717, 1.165) is 0 Å². The summed E-state index contributed by atoms with van der Waals surface area (Å²) in [5.41, 5.74) is 4.28. The molecule has 0 saturated carbocycles. The van der Waals surface area contributed by atoms with Crippen molar-refractivity contribution in [2.24, 2.45) is 0 Å². The number of hydrogen-bond donors (Lipinski definition) is 2. The van der Waals surface area contributed by atoms with Crippen molar-refractivity contribution in [2.45, 2.75) is 6.42 Å². The first kappa shape index (κ1) is 11.9. The molecule has 1 aromatic rings. The number of ether oxygens (including phenoxy) is 1. The molecule has 0 unspecified atom stereocenters. The first-order valence-corrected chi connectivity index (χ1v) is 4.07. The predicted octanol–water partition coefficient (Wildman–Crippen LogP) is 0.927. The SMILES string of the molecule is Nc1c(F)cc(OC(=O)CC(=O)O)cc1F. The van der Waals surface area contributed by atoms with Gasteiger partial charge in [-0.3, -0.25) is 9.59 Å². The van der Waals surface area contributed by atoms with Crippen LogP contribution in [0.5, 0.6) is 5.75 Å². The summed E-state index contributed by atoms with van der Waals surface area (Å²) in [5.74, 6) is -5.14. The maximum absolute atomic E-state index is 12.9. The number of aliphatic carboxylic acids is 1. The number of anilines is 1. The largest absolute Gasteiger partial charge is 0.481 e. The highest BCUT2D eigenvalue weighted by molar-refractivity contribution is 5.91. The van der Waals surface area contributed by atoms with Gasteiger partial charge in [0.25, 0.3) is 0 Å². The first-order valence-electron chi connectivity index (χ1n) is 4.07. The van der Waals surface area contributed by atoms with E-state index in [1.165, 1.54) is 0 Å². The number of carbonyl (C=O) groups excluding carboxylic acids is 1. The highest BCUT2D eigenvalue weighted by atomic mass is 19.1. The highest BCUT2D eigenvalue weighted by Crippen LogP contribution is 2.22. The van der Waals surface area contributed by atoms with Gasteiger partial charge in [-0.1, -0.05) is 0 Å². The molecule has 0 amide bonds. The van der Waals surface area contributed by atoms with Crippen LogP contribution >= 0.6 is 0 Å². The molecular weight excluding hydrogens is 224 g/mol. The molecule has 0 bridgehead atoms. The van der Waals surface area contributed by atoms with Gasteiger partial charge in [0.15, 0.2) is 11.6 Å². The molecule has 0 spiro atoms. The molecule has 0 aromatic heterocycles. The first-order chi connectivity index (χ1) is 7.40. The lowest BCUT2D eigenvalue weighted by atomic mass is 10.3. The molecule has 5 nitrogen and oxygen atoms in total. The summed E-state index contributed by atoms with van der Waals surface area (Å²) in [6.07, 6.45) is -0.895. The minimum Gasteiger partial charge on any atom is -0.481 e. The van der Waals surface area contributed by atoms with Crippen LogP contribution in [-0.4, -0.2) is 17.0 Å². The zero-order chi connectivity index (χ0) is 12.3. The maximum atomic E-state index is 12.9. The van der Waals surface area contributed by atoms with Crippen molar-refractivity contribution in [3.05, 3.63) is 23.8 Å². The van der Waals surface area contributed by atoms with Crippen molar-refractivity contribution in [3.63, 3.8) is 0 Å². The predicted molar refractivity (Wildman–Crippen MR) is 48.7 cm³/mol. The number of nitrogens with two attached hydrogens (primary N) is 1. The van der Waals surface area contributed by atoms with Crippen LogP contribution in [0.2, 0.25) is 0 Å². The van der Waals surface area contributed by atoms with Crippen LogP contribution in [0.15, 0.2) is 12.1 Å². The van der Waals surface area contributed by atoms with E-state index in [4.69, 9.17) is 10.8 Å². The number of esters is 1. The van der Waals surface area contributed by atoms with Crippen molar-refractivity contribution in [3.8, 4) is 5.75 Å². The Kier molecular flexibility index (Phi) is 3.39. The molecule has 0 aliphatic rings. The fourth-order valence-corrected chi connectivity index (χ4v) is 0.911. The third kappa shape index (κ3) is 2.91. The monoisotopic (exact) mass is 231 g/mol. The third-order valence-corrected chi connectivity index (χ3v) is 1.58. The number of halogens is 2. The molecule has 0 fully saturated rings. The number of carboxylic acid groups (broad SMARTS) is 1. The molecule has 7 heteroatoms. The van der Waals surface area contributed by atoms with Gasteiger partial charge in [-0.15, -0.1) is 0 Å². The maximum Gasteiger partial charge on any atom is 0.322 e. The summed E-state index contributed by atoms with van der Waals surface area (Å²) in [4.78, 5) is 21.0. The third-order valence-electron chi connectivity index (χ3n) is 1.58. The second-order valence-electron chi connectivity index (χ2n) is 2.85. The molecule has 0 aliphatic carbocycles. The zero-order valence-corrected chi connectivity index (χ0v) is 7.87. The minimum absolute atomic E-state index is 0.435. The van der Waals surface area contributed by atoms with Gasteiger partial charge in [0.2, 0.25) is 0 Å². The highest BCUT2D eigenvalue weighted by Gasteiger charge is 2.13. The lowest BCUT2D eigenvalue weighted by Crippen LogP contribution is -2.13. The Morgan fingerprint density at radius 2 is 1.81 bits per heavy atom. The molecule has 0 radical (unpaired) electrons. The van der Waals surface area contributed by atoms with E-state index in [-0.39, 0.29) is 0 Å². The van der Waals surface area contributed by atoms with Gasteiger partial charge < -0.3 is 15.6 Å². The van der Waals surface area contributed by atoms with E-state index in [9.17, 15) is 18.4 Å². The Morgan fingerprint density at radius 3 is 2.25 bits per heavy atom. The van der Waals surface area contributed by atoms with Gasteiger partial charge in [-0.2, -0.15) is 0 Å². The van der Waals surface area contributed by atoms with E-state index in [1.807, 2.05) is 0 Å². The second kappa shape index (κ2) is 4.56. The smallest absolute Gasteiger partial charge is 0.322 e. The molecule has 0 heterocycles. The van der Waals surface area contributed by atoms with Crippen LogP contribution < -0.4 is 10.5 Å². The normalized spacial score (nSPS) is 9.88. The van der Waals surface area contributed by atoms with Gasteiger partial charge in [-0.05, 0) is 0 Å². The molecule has 1 aromatic carbocycles. The summed E-state index contributed by atoms with van der Waals surface area (Å²) in [6, 6.07) is 1.39. The summed E-state index contributed by atoms with van der Waals surface area (Å²) in [7, 11) is 0. The molecule has 86 valence electrons. The van der Waals surface area contributed by atoms with Crippen molar-refractivity contribution in [1.82, 2.24) is 0 Å². The van der Waals surface area contributed by atoms with Gasteiger partial charge in [-0.25, -0.2) is 8.78 Å². The summed E-state index contributed by atoms with van der Waals surface area (Å²) >= 11 is 0. The van der Waals surface area contributed by atoms with E-state index < -0.39 is 41.4 Å². The summed E-state index contributed by atoms with van der Waals surface area (Å²) in [6.45, 7) is 0. The summed E-state index contributed by atoms with van der Waals surface area (Å²) in [5, 5.41) is 8.25. The molecule has 0 atom stereocenters. The van der Waals surface area contributed by atoms with Crippen molar-refractivity contribution < 1.29 is 28.2 Å². The molecule has 3 N–H and O–H groups in total. The van der Waals surface area contributed by atoms with E-state index in [0.29, 0.717) is 12.1 Å². The Bertz CT molecular complexity index is 424. The number of rotatable bonds is 3. The fraction of sp³-hybridized carbons (Fsp3) is 0.111. The van der Waals surface area contributed by atoms with Crippen LogP contribution in [0.3, 0.4) is 0 Å². The van der Waals surface area contributed by atoms with Crippen molar-refractivity contribution in [1.29, 1.82) is 0 Å². The second-order valence-corrected chi connectivity index (χ2v) is 2.85. The standard InChI is InChI=1S/C9H7F2NO4/c10-5-1-4(2-6(11)9(5)12)16-8(15)3-7(13)14/h1-2H,3,12H2,(H,13,14). The van der Waals surface area contributed by atoms with Crippen LogP contribution in [0.1, 0.15) is 6.42 Å². The summed E-state index contributed by atoms with van der Waals surface area (Å²) < 4.78 is 30.1. The van der Waals surface area contributed by atoms with Crippen molar-refractivity contribution in [2.75, 3.05) is 5.73 Å². The van der Waals surface area contributed by atoms with Gasteiger partial charge in [0, 0.05) is 12.1 Å². The molecular formula is C9H7F2NO4. The fourth-order valence-electron chi connectivity index (χ4n) is 0.911. The Morgan fingerprint density at radius 1 is 1.31 bits per heavy atom. The van der Waals surface area contributed by atoms with Crippen molar-refractivity contribution >= 4 is 17.6 Å². The minimum atomic E-state index is -1.40. The number of carbonyl (C=O) groups is 2. The molecule has 0 saturated heterocycles. The van der Waals surface area contributed by atoms with E-state index >= 15 is 0 Å². The van der Waals surface area contributed by atoms with E-state index in [1.54, 1.807) is 0 Å². The quantitative estimate of drug-likeness (QED) is 0.349. The van der Waals surface area contributed by atoms with Crippen LogP contribution in [0.4, 0.5) is 14.5 Å². The number of hydrogen-bond acceptors (Lipinski definition) is 4. The number of benzene rings is 1. The lowest BCUT2D eigenvalue weighted by Gasteiger charge is -2.04. The molecule has 1 rings (SSSR count).